The summed E-state index contributed by atoms with van der Waals surface area (Å²) in [5, 5.41) is 26.4. The van der Waals surface area contributed by atoms with E-state index in [1.54, 1.807) is 14.2 Å². The average Bonchev–Trinajstić information content (AvgIpc) is 3.94. The summed E-state index contributed by atoms with van der Waals surface area (Å²) in [6.07, 6.45) is 4.78. The Bertz CT molecular complexity index is 2620. The van der Waals surface area contributed by atoms with E-state index in [2.05, 4.69) is 20.9 Å². The lowest BCUT2D eigenvalue weighted by atomic mass is 9.47. The molecule has 348 valence electrons. The molecule has 2 bridgehead atoms. The van der Waals surface area contributed by atoms with Gasteiger partial charge < -0.3 is 39.0 Å². The lowest BCUT2D eigenvalue weighted by Gasteiger charge is -2.63. The van der Waals surface area contributed by atoms with Crippen LogP contribution in [0.4, 0.5) is 5.69 Å². The van der Waals surface area contributed by atoms with E-state index >= 15 is 4.79 Å². The number of rotatable bonds is 7. The first-order valence-electron chi connectivity index (χ1n) is 23.2. The summed E-state index contributed by atoms with van der Waals surface area (Å²) in [5.74, 6) is -2.85. The highest BCUT2D eigenvalue weighted by Crippen LogP contribution is 2.68. The molecule has 1 aliphatic carbocycles. The van der Waals surface area contributed by atoms with Crippen molar-refractivity contribution in [3.63, 3.8) is 0 Å². The molecule has 9 rings (SSSR count). The standard InChI is InChI=1S/C46H58N4O9.H2O4S/c1-8-42(54)23-28-24-45(40(52)57-6,36-30(15-19-49(25-28)26-42)29-13-10-11-14-33(29)47-36)32-21-31-34(22-35(32)56-5)48(4)38-44(31)17-20-50-18-12-16-43(9-2,37(44)50)39(59-27(3)51)46(38,55)41(53)58-7;1-5(2,3)4/h10-14,16,21-22,28,37-39,47,54-55H,8-9,15,17-20,23-26H2,1-7H3;(H2,1,2,3,4)/t28-,37+,38-,39-,42+,43-,44-,45+,46+;/m1./s1/i3D3;. The number of esters is 3. The molecule has 17 nitrogen and oxygen atoms in total. The molecular weight excluding hydrogens is 849 g/mol. The van der Waals surface area contributed by atoms with Crippen molar-refractivity contribution in [2.45, 2.75) is 99.4 Å². The lowest BCUT2D eigenvalue weighted by molar-refractivity contribution is -0.228. The number of piperidine rings is 1. The van der Waals surface area contributed by atoms with Crippen molar-refractivity contribution < 1.29 is 65.2 Å². The molecule has 0 radical (unpaired) electrons. The van der Waals surface area contributed by atoms with Crippen molar-refractivity contribution in [2.24, 2.45) is 11.3 Å². The van der Waals surface area contributed by atoms with E-state index < -0.39 is 80.8 Å². The Morgan fingerprint density at radius 3 is 2.34 bits per heavy atom. The first-order valence-corrected chi connectivity index (χ1v) is 23.1. The second kappa shape index (κ2) is 16.1. The van der Waals surface area contributed by atoms with Crippen LogP contribution in [-0.2, 0) is 56.2 Å². The number of carbonyl (C=O) groups is 3. The van der Waals surface area contributed by atoms with Crippen LogP contribution in [0.5, 0.6) is 5.75 Å². The number of aliphatic hydroxyl groups is 2. The summed E-state index contributed by atoms with van der Waals surface area (Å²) in [5.41, 5.74) is -2.90. The van der Waals surface area contributed by atoms with Gasteiger partial charge in [0.2, 0.25) is 5.60 Å². The number of aromatic amines is 1. The molecule has 64 heavy (non-hydrogen) atoms. The van der Waals surface area contributed by atoms with Crippen molar-refractivity contribution in [1.29, 1.82) is 0 Å². The van der Waals surface area contributed by atoms with Crippen LogP contribution in [0.25, 0.3) is 10.9 Å². The van der Waals surface area contributed by atoms with Gasteiger partial charge in [0.25, 0.3) is 0 Å². The number of benzene rings is 2. The first-order chi connectivity index (χ1) is 31.4. The number of likely N-dealkylation sites (N-methyl/N-ethyl adjacent to an activating group) is 1. The Morgan fingerprint density at radius 1 is 0.969 bits per heavy atom. The Labute approximate surface area is 377 Å². The molecule has 5 N–H and O–H groups in total. The van der Waals surface area contributed by atoms with Gasteiger partial charge in [0.15, 0.2) is 6.10 Å². The van der Waals surface area contributed by atoms with Gasteiger partial charge in [0, 0.05) is 95.0 Å². The van der Waals surface area contributed by atoms with Crippen molar-refractivity contribution >= 4 is 44.9 Å². The third kappa shape index (κ3) is 6.69. The van der Waals surface area contributed by atoms with Crippen LogP contribution in [-0.4, -0.2) is 151 Å². The largest absolute Gasteiger partial charge is 0.496 e. The zero-order chi connectivity index (χ0) is 48.9. The summed E-state index contributed by atoms with van der Waals surface area (Å²) in [6.45, 7) is 3.64. The Kier molecular flexibility index (Phi) is 10.6. The van der Waals surface area contributed by atoms with Gasteiger partial charge in [-0.1, -0.05) is 44.2 Å². The molecule has 3 aromatic rings. The Balaban J connectivity index is 0.00000116. The van der Waals surface area contributed by atoms with Gasteiger partial charge in [-0.25, -0.2) is 4.79 Å². The van der Waals surface area contributed by atoms with Gasteiger partial charge in [0.1, 0.15) is 11.2 Å². The summed E-state index contributed by atoms with van der Waals surface area (Å²) in [6, 6.07) is 10.3. The van der Waals surface area contributed by atoms with Crippen molar-refractivity contribution in [1.82, 2.24) is 14.8 Å². The molecule has 6 heterocycles. The second-order valence-electron chi connectivity index (χ2n) is 18.4. The molecular formula is C46H60N4O13S. The van der Waals surface area contributed by atoms with E-state index in [9.17, 15) is 19.8 Å². The third-order valence-corrected chi connectivity index (χ3v) is 15.5. The highest BCUT2D eigenvalue weighted by atomic mass is 32.3. The van der Waals surface area contributed by atoms with Crippen molar-refractivity contribution in [2.75, 3.05) is 66.0 Å². The fourth-order valence-electron chi connectivity index (χ4n) is 13.4. The molecule has 1 saturated carbocycles. The molecule has 18 heteroatoms. The number of anilines is 1. The normalized spacial score (nSPS) is 35.9. The number of hydrogen-bond donors (Lipinski definition) is 5. The maximum absolute atomic E-state index is 15.4. The van der Waals surface area contributed by atoms with Gasteiger partial charge >= 0.3 is 28.3 Å². The van der Waals surface area contributed by atoms with E-state index in [-0.39, 0.29) is 18.8 Å². The van der Waals surface area contributed by atoms with E-state index in [0.717, 1.165) is 29.1 Å². The zero-order valence-corrected chi connectivity index (χ0v) is 37.7. The van der Waals surface area contributed by atoms with E-state index in [0.29, 0.717) is 81.1 Å². The maximum atomic E-state index is 15.4. The second-order valence-corrected chi connectivity index (χ2v) is 19.3. The zero-order valence-electron chi connectivity index (χ0n) is 39.9. The van der Waals surface area contributed by atoms with E-state index in [1.165, 1.54) is 7.11 Å². The first kappa shape index (κ1) is 42.1. The number of hydrogen-bond acceptors (Lipinski definition) is 14. The number of fused-ring (bicyclic) bond motifs is 6. The third-order valence-electron chi connectivity index (χ3n) is 15.5. The van der Waals surface area contributed by atoms with Crippen molar-refractivity contribution in [3.8, 4) is 5.75 Å². The Hall–Kier alpha value is -4.56. The molecule has 0 amide bonds. The van der Waals surface area contributed by atoms with Gasteiger partial charge in [-0.05, 0) is 74.2 Å². The van der Waals surface area contributed by atoms with Crippen LogP contribution in [0, 0.1) is 11.3 Å². The molecule has 1 aromatic heterocycles. The minimum atomic E-state index is -4.67. The molecule has 3 fully saturated rings. The number of para-hydroxylation sites is 1. The molecule has 2 aromatic carbocycles. The topological polar surface area (TPSA) is 229 Å². The lowest BCUT2D eigenvalue weighted by Crippen LogP contribution is -2.81. The summed E-state index contributed by atoms with van der Waals surface area (Å²) < 4.78 is 79.1. The van der Waals surface area contributed by atoms with Crippen molar-refractivity contribution in [3.05, 3.63) is 70.9 Å². The van der Waals surface area contributed by atoms with Gasteiger partial charge in [-0.2, -0.15) is 8.42 Å². The van der Waals surface area contributed by atoms with E-state index in [4.69, 9.17) is 40.6 Å². The monoisotopic (exact) mass is 911 g/mol. The predicted molar refractivity (Wildman–Crippen MR) is 235 cm³/mol. The van der Waals surface area contributed by atoms with Crippen LogP contribution < -0.4 is 9.64 Å². The minimum Gasteiger partial charge on any atom is -0.496 e. The van der Waals surface area contributed by atoms with E-state index in [1.807, 2.05) is 61.2 Å². The molecule has 6 aliphatic rings. The predicted octanol–water partition coefficient (Wildman–Crippen LogP) is 3.34. The highest BCUT2D eigenvalue weighted by Gasteiger charge is 2.80. The Morgan fingerprint density at radius 2 is 1.69 bits per heavy atom. The molecule has 5 aliphatic heterocycles. The van der Waals surface area contributed by atoms with Gasteiger partial charge in [0.05, 0.1) is 33.0 Å². The van der Waals surface area contributed by atoms with Crippen LogP contribution >= 0.6 is 0 Å². The number of nitrogens with one attached hydrogen (secondary N) is 1. The number of nitrogens with zero attached hydrogens (tertiary/aromatic N) is 3. The van der Waals surface area contributed by atoms with Crippen LogP contribution in [0.1, 0.15) is 79.3 Å². The fourth-order valence-corrected chi connectivity index (χ4v) is 13.4. The quantitative estimate of drug-likeness (QED) is 0.0991. The summed E-state index contributed by atoms with van der Waals surface area (Å²) >= 11 is 0. The summed E-state index contributed by atoms with van der Waals surface area (Å²) in [4.78, 5) is 53.4. The smallest absolute Gasteiger partial charge is 0.394 e. The number of aromatic nitrogens is 1. The molecule has 1 unspecified atom stereocenters. The van der Waals surface area contributed by atoms with Gasteiger partial charge in [-0.15, -0.1) is 0 Å². The number of carbonyl (C=O) groups excluding carboxylic acids is 3. The minimum absolute atomic E-state index is 0.150. The van der Waals surface area contributed by atoms with Gasteiger partial charge in [-0.3, -0.25) is 28.5 Å². The number of ether oxygens (including phenoxy) is 4. The van der Waals surface area contributed by atoms with Crippen LogP contribution in [0.2, 0.25) is 0 Å². The summed E-state index contributed by atoms with van der Waals surface area (Å²) in [7, 11) is 1.20. The number of H-pyrrole nitrogens is 1. The SMILES string of the molecule is O=S(=O)(O)O.[2H]C([2H])([2H])C(=O)O[C@@H]1[C@]2(CC)C=CCN3CC[C@@]4(c5cc([C@@]6(C(=O)OC)C[C@@H]7CN(CCc8c6[nH]c6ccccc86)C[C@](O)(CC)C7)c(OC)cc5N(C)[C@H]4[C@@]1(O)C(=O)OC)[C@@H]32. The molecule has 2 saturated heterocycles. The molecule has 10 atom stereocenters. The maximum Gasteiger partial charge on any atom is 0.394 e. The average molecular weight is 912 g/mol. The fraction of sp³-hybridized carbons (Fsp3) is 0.587. The highest BCUT2D eigenvalue weighted by molar-refractivity contribution is 7.79. The van der Waals surface area contributed by atoms with Crippen LogP contribution in [0.3, 0.4) is 0 Å². The van der Waals surface area contributed by atoms with Crippen LogP contribution in [0.15, 0.2) is 48.6 Å². The molecule has 1 spiro atoms. The number of methoxy groups -OCH3 is 3.